The fraction of sp³-hybridized carbons (Fsp3) is 0.455. The van der Waals surface area contributed by atoms with Crippen LogP contribution >= 0.6 is 11.3 Å². The SMILES string of the molecule is C=CC(N)C1CCCc2sccc21. The number of fused-ring (bicyclic) bond motifs is 1. The Balaban J connectivity index is 2.29. The van der Waals surface area contributed by atoms with Gasteiger partial charge in [0.05, 0.1) is 0 Å². The van der Waals surface area contributed by atoms with Gasteiger partial charge in [-0.25, -0.2) is 0 Å². The molecule has 2 heteroatoms. The van der Waals surface area contributed by atoms with Crippen LogP contribution in [0.5, 0.6) is 0 Å². The smallest absolute Gasteiger partial charge is 0.0291 e. The van der Waals surface area contributed by atoms with Gasteiger partial charge >= 0.3 is 0 Å². The van der Waals surface area contributed by atoms with Gasteiger partial charge in [-0.1, -0.05) is 6.08 Å². The molecule has 0 bridgehead atoms. The molecule has 0 radical (unpaired) electrons. The molecule has 0 saturated heterocycles. The third kappa shape index (κ3) is 1.56. The van der Waals surface area contributed by atoms with Crippen LogP contribution in [0, 0.1) is 0 Å². The first-order valence-corrected chi connectivity index (χ1v) is 5.65. The Morgan fingerprint density at radius 3 is 3.31 bits per heavy atom. The lowest BCUT2D eigenvalue weighted by Gasteiger charge is -2.25. The second-order valence-corrected chi connectivity index (χ2v) is 4.61. The summed E-state index contributed by atoms with van der Waals surface area (Å²) in [5.74, 6) is 0.521. The van der Waals surface area contributed by atoms with Gasteiger partial charge in [-0.15, -0.1) is 17.9 Å². The Hall–Kier alpha value is -0.600. The molecule has 70 valence electrons. The van der Waals surface area contributed by atoms with Gasteiger partial charge in [0.1, 0.15) is 0 Å². The van der Waals surface area contributed by atoms with Gasteiger partial charge in [-0.05, 0) is 36.3 Å². The minimum absolute atomic E-state index is 0.133. The number of hydrogen-bond donors (Lipinski definition) is 1. The summed E-state index contributed by atoms with van der Waals surface area (Å²) in [4.78, 5) is 1.54. The van der Waals surface area contributed by atoms with Crippen molar-refractivity contribution in [2.45, 2.75) is 31.2 Å². The van der Waals surface area contributed by atoms with Crippen molar-refractivity contribution in [3.8, 4) is 0 Å². The molecule has 1 aliphatic carbocycles. The predicted octanol–water partition coefficient (Wildman–Crippen LogP) is 2.68. The van der Waals surface area contributed by atoms with Crippen molar-refractivity contribution in [3.63, 3.8) is 0 Å². The maximum absolute atomic E-state index is 6.01. The average Bonchev–Trinajstić information content (AvgIpc) is 2.63. The summed E-state index contributed by atoms with van der Waals surface area (Å²) in [6, 6.07) is 2.36. The minimum atomic E-state index is 0.133. The Kier molecular flexibility index (Phi) is 2.51. The molecule has 1 heterocycles. The molecule has 0 aromatic carbocycles. The second-order valence-electron chi connectivity index (χ2n) is 3.61. The summed E-state index contributed by atoms with van der Waals surface area (Å²) in [5, 5.41) is 2.18. The average molecular weight is 193 g/mol. The monoisotopic (exact) mass is 193 g/mol. The quantitative estimate of drug-likeness (QED) is 0.718. The number of hydrogen-bond acceptors (Lipinski definition) is 2. The van der Waals surface area contributed by atoms with Crippen molar-refractivity contribution in [2.75, 3.05) is 0 Å². The van der Waals surface area contributed by atoms with E-state index in [4.69, 9.17) is 5.73 Å². The normalized spacial score (nSPS) is 23.6. The Bertz CT molecular complexity index is 303. The van der Waals surface area contributed by atoms with Crippen molar-refractivity contribution in [1.29, 1.82) is 0 Å². The molecule has 0 spiro atoms. The second kappa shape index (κ2) is 3.64. The summed E-state index contributed by atoms with van der Waals surface area (Å²) in [7, 11) is 0. The van der Waals surface area contributed by atoms with Crippen LogP contribution in [-0.4, -0.2) is 6.04 Å². The van der Waals surface area contributed by atoms with E-state index in [9.17, 15) is 0 Å². The van der Waals surface area contributed by atoms with Gasteiger partial charge in [-0.2, -0.15) is 0 Å². The highest BCUT2D eigenvalue weighted by atomic mass is 32.1. The van der Waals surface area contributed by atoms with Gasteiger partial charge in [0.15, 0.2) is 0 Å². The largest absolute Gasteiger partial charge is 0.324 e. The van der Waals surface area contributed by atoms with Crippen molar-refractivity contribution >= 4 is 11.3 Å². The van der Waals surface area contributed by atoms with Gasteiger partial charge < -0.3 is 5.73 Å². The summed E-state index contributed by atoms with van der Waals surface area (Å²) in [6.07, 6.45) is 5.61. The van der Waals surface area contributed by atoms with E-state index in [1.54, 1.807) is 0 Å². The van der Waals surface area contributed by atoms with E-state index in [0.29, 0.717) is 5.92 Å². The molecular formula is C11H15NS. The number of rotatable bonds is 2. The van der Waals surface area contributed by atoms with Crippen LogP contribution in [0.4, 0.5) is 0 Å². The van der Waals surface area contributed by atoms with Crippen molar-refractivity contribution in [2.24, 2.45) is 5.73 Å². The zero-order valence-corrected chi connectivity index (χ0v) is 8.52. The number of nitrogens with two attached hydrogens (primary N) is 1. The molecule has 0 saturated carbocycles. The first-order chi connectivity index (χ1) is 6.33. The van der Waals surface area contributed by atoms with E-state index >= 15 is 0 Å². The van der Waals surface area contributed by atoms with Gasteiger partial charge in [0.2, 0.25) is 0 Å². The van der Waals surface area contributed by atoms with Crippen molar-refractivity contribution in [3.05, 3.63) is 34.5 Å². The standard InChI is InChI=1S/C11H15NS/c1-2-10(12)8-4-3-5-11-9(8)6-7-13-11/h2,6-8,10H,1,3-5,12H2. The molecule has 1 aromatic heterocycles. The number of thiophene rings is 1. The molecule has 0 fully saturated rings. The fourth-order valence-corrected chi connectivity index (χ4v) is 3.08. The Morgan fingerprint density at radius 1 is 1.69 bits per heavy atom. The van der Waals surface area contributed by atoms with E-state index < -0.39 is 0 Å². The van der Waals surface area contributed by atoms with Gasteiger partial charge in [0.25, 0.3) is 0 Å². The van der Waals surface area contributed by atoms with E-state index in [0.717, 1.165) is 0 Å². The topological polar surface area (TPSA) is 26.0 Å². The summed E-state index contributed by atoms with van der Waals surface area (Å²) in [5.41, 5.74) is 7.48. The molecule has 13 heavy (non-hydrogen) atoms. The number of aryl methyl sites for hydroxylation is 1. The molecule has 2 rings (SSSR count). The van der Waals surface area contributed by atoms with Gasteiger partial charge in [0, 0.05) is 16.8 Å². The van der Waals surface area contributed by atoms with Crippen LogP contribution in [0.15, 0.2) is 24.1 Å². The lowest BCUT2D eigenvalue weighted by atomic mass is 9.83. The van der Waals surface area contributed by atoms with E-state index in [1.807, 2.05) is 17.4 Å². The van der Waals surface area contributed by atoms with Crippen molar-refractivity contribution < 1.29 is 0 Å². The zero-order valence-electron chi connectivity index (χ0n) is 7.70. The van der Waals surface area contributed by atoms with Crippen LogP contribution in [-0.2, 0) is 6.42 Å². The zero-order chi connectivity index (χ0) is 9.26. The van der Waals surface area contributed by atoms with Crippen molar-refractivity contribution in [1.82, 2.24) is 0 Å². The molecule has 1 nitrogen and oxygen atoms in total. The maximum atomic E-state index is 6.01. The van der Waals surface area contributed by atoms with Crippen LogP contribution in [0.1, 0.15) is 29.2 Å². The van der Waals surface area contributed by atoms with E-state index in [1.165, 1.54) is 29.7 Å². The first-order valence-electron chi connectivity index (χ1n) is 4.77. The third-order valence-corrected chi connectivity index (χ3v) is 3.83. The molecule has 2 atom stereocenters. The minimum Gasteiger partial charge on any atom is -0.324 e. The third-order valence-electron chi connectivity index (χ3n) is 2.84. The Labute approximate surface area is 83.3 Å². The highest BCUT2D eigenvalue weighted by Gasteiger charge is 2.24. The molecule has 0 aliphatic heterocycles. The molecule has 1 aliphatic rings. The van der Waals surface area contributed by atoms with Gasteiger partial charge in [-0.3, -0.25) is 0 Å². The Morgan fingerprint density at radius 2 is 2.54 bits per heavy atom. The first kappa shape index (κ1) is 8.97. The lowest BCUT2D eigenvalue weighted by molar-refractivity contribution is 0.516. The van der Waals surface area contributed by atoms with Crippen LogP contribution < -0.4 is 5.73 Å². The van der Waals surface area contributed by atoms with Crippen LogP contribution in [0.2, 0.25) is 0 Å². The summed E-state index contributed by atoms with van der Waals surface area (Å²) < 4.78 is 0. The predicted molar refractivity (Wildman–Crippen MR) is 58.2 cm³/mol. The molecule has 2 N–H and O–H groups in total. The van der Waals surface area contributed by atoms with Crippen LogP contribution in [0.3, 0.4) is 0 Å². The maximum Gasteiger partial charge on any atom is 0.0291 e. The highest BCUT2D eigenvalue weighted by molar-refractivity contribution is 7.10. The fourth-order valence-electron chi connectivity index (χ4n) is 2.09. The molecule has 1 aromatic rings. The lowest BCUT2D eigenvalue weighted by Crippen LogP contribution is -2.28. The van der Waals surface area contributed by atoms with Crippen LogP contribution in [0.25, 0.3) is 0 Å². The van der Waals surface area contributed by atoms with E-state index in [-0.39, 0.29) is 6.04 Å². The van der Waals surface area contributed by atoms with E-state index in [2.05, 4.69) is 18.0 Å². The molecular weight excluding hydrogens is 178 g/mol. The highest BCUT2D eigenvalue weighted by Crippen LogP contribution is 2.36. The summed E-state index contributed by atoms with van der Waals surface area (Å²) >= 11 is 1.87. The summed E-state index contributed by atoms with van der Waals surface area (Å²) in [6.45, 7) is 3.77. The molecule has 2 unspecified atom stereocenters. The molecule has 0 amide bonds.